The van der Waals surface area contributed by atoms with E-state index < -0.39 is 22.1 Å². The molecule has 0 unspecified atom stereocenters. The summed E-state index contributed by atoms with van der Waals surface area (Å²) in [7, 11) is 1.31. The summed E-state index contributed by atoms with van der Waals surface area (Å²) in [6, 6.07) is 22.6. The van der Waals surface area contributed by atoms with E-state index in [1.54, 1.807) is 24.3 Å². The molecular weight excluding hydrogens is 470 g/mol. The van der Waals surface area contributed by atoms with Gasteiger partial charge in [-0.2, -0.15) is 0 Å². The number of hydrogen-bond donors (Lipinski definition) is 0. The fraction of sp³-hybridized carbons (Fsp3) is 0.192. The van der Waals surface area contributed by atoms with Crippen molar-refractivity contribution < 1.29 is 19.1 Å². The van der Waals surface area contributed by atoms with E-state index in [-0.39, 0.29) is 17.7 Å². The zero-order chi connectivity index (χ0) is 22.2. The summed E-state index contributed by atoms with van der Waals surface area (Å²) < 4.78 is 3.98. The Labute approximate surface area is 193 Å². The number of alkyl halides is 1. The number of benzene rings is 3. The Morgan fingerprint density at radius 1 is 0.875 bits per heavy atom. The molecule has 32 heavy (non-hydrogen) atoms. The monoisotopic (exact) mass is 487 g/mol. The highest BCUT2D eigenvalue weighted by Gasteiger charge is 2.67. The Hall–Kier alpha value is -3.25. The van der Waals surface area contributed by atoms with Gasteiger partial charge in [0.15, 0.2) is 0 Å². The minimum absolute atomic E-state index is 0.178. The molecule has 5 nitrogen and oxygen atoms in total. The summed E-state index contributed by atoms with van der Waals surface area (Å²) in [6.45, 7) is 0. The highest BCUT2D eigenvalue weighted by Crippen LogP contribution is 2.66. The van der Waals surface area contributed by atoms with Gasteiger partial charge in [0.05, 0.1) is 34.5 Å². The summed E-state index contributed by atoms with van der Waals surface area (Å²) in [5.74, 6) is -2.12. The van der Waals surface area contributed by atoms with E-state index in [2.05, 4.69) is 40.2 Å². The van der Waals surface area contributed by atoms with Gasteiger partial charge in [-0.15, -0.1) is 0 Å². The van der Waals surface area contributed by atoms with E-state index >= 15 is 0 Å². The van der Waals surface area contributed by atoms with Crippen molar-refractivity contribution in [2.45, 2.75) is 10.2 Å². The van der Waals surface area contributed by atoms with Gasteiger partial charge in [-0.25, -0.2) is 9.69 Å². The second-order valence-electron chi connectivity index (χ2n) is 8.42. The molecule has 0 aromatic heterocycles. The minimum Gasteiger partial charge on any atom is -0.465 e. The SMILES string of the molecule is COC(=O)c1ccc(N2C(=O)[C@@H]3[C@@H](C2=O)C2c4ccccc4C3(Br)c3ccccc32)cc1. The maximum Gasteiger partial charge on any atom is 0.337 e. The molecular formula is C26H18BrNO4. The number of carbonyl (C=O) groups is 3. The van der Waals surface area contributed by atoms with Crippen LogP contribution in [-0.4, -0.2) is 24.9 Å². The summed E-state index contributed by atoms with van der Waals surface area (Å²) in [5, 5.41) is 0. The summed E-state index contributed by atoms with van der Waals surface area (Å²) in [4.78, 5) is 40.7. The lowest BCUT2D eigenvalue weighted by Crippen LogP contribution is -2.50. The van der Waals surface area contributed by atoms with Gasteiger partial charge in [0.1, 0.15) is 0 Å². The van der Waals surface area contributed by atoms with Gasteiger partial charge in [-0.1, -0.05) is 64.5 Å². The normalized spacial score (nSPS) is 27.1. The predicted molar refractivity (Wildman–Crippen MR) is 122 cm³/mol. The molecule has 158 valence electrons. The first-order chi connectivity index (χ1) is 15.5. The average Bonchev–Trinajstić information content (AvgIpc) is 3.10. The smallest absolute Gasteiger partial charge is 0.337 e. The molecule has 3 aliphatic carbocycles. The molecule has 0 N–H and O–H groups in total. The first-order valence-electron chi connectivity index (χ1n) is 10.4. The van der Waals surface area contributed by atoms with E-state index in [9.17, 15) is 14.4 Å². The van der Waals surface area contributed by atoms with Crippen LogP contribution in [0, 0.1) is 11.8 Å². The molecule has 7 rings (SSSR count). The summed E-state index contributed by atoms with van der Waals surface area (Å²) in [5.41, 5.74) is 5.11. The van der Waals surface area contributed by atoms with Crippen molar-refractivity contribution in [3.8, 4) is 0 Å². The van der Waals surface area contributed by atoms with Crippen molar-refractivity contribution in [1.82, 2.24) is 0 Å². The third-order valence-electron chi connectivity index (χ3n) is 7.06. The second kappa shape index (κ2) is 6.62. The van der Waals surface area contributed by atoms with Crippen molar-refractivity contribution in [2.75, 3.05) is 12.0 Å². The number of halogens is 1. The Morgan fingerprint density at radius 2 is 1.44 bits per heavy atom. The number of carbonyl (C=O) groups excluding carboxylic acids is 3. The third kappa shape index (κ3) is 2.25. The van der Waals surface area contributed by atoms with Gasteiger partial charge in [0.25, 0.3) is 0 Å². The number of esters is 1. The number of methoxy groups -OCH3 is 1. The largest absolute Gasteiger partial charge is 0.465 e. The van der Waals surface area contributed by atoms with Gasteiger partial charge in [-0.05, 0) is 46.5 Å². The molecule has 1 saturated heterocycles. The van der Waals surface area contributed by atoms with Gasteiger partial charge >= 0.3 is 5.97 Å². The van der Waals surface area contributed by atoms with Crippen LogP contribution < -0.4 is 4.90 Å². The molecule has 1 heterocycles. The van der Waals surface area contributed by atoms with Gasteiger partial charge in [-0.3, -0.25) is 9.59 Å². The molecule has 3 aromatic carbocycles. The number of ether oxygens (including phenoxy) is 1. The Bertz CT molecular complexity index is 1270. The summed E-state index contributed by atoms with van der Waals surface area (Å²) in [6.07, 6.45) is 0. The fourth-order valence-electron chi connectivity index (χ4n) is 5.80. The summed E-state index contributed by atoms with van der Waals surface area (Å²) >= 11 is 3.98. The number of hydrogen-bond acceptors (Lipinski definition) is 4. The first kappa shape index (κ1) is 19.4. The molecule has 0 spiro atoms. The van der Waals surface area contributed by atoms with Crippen LogP contribution in [0.3, 0.4) is 0 Å². The maximum atomic E-state index is 13.8. The van der Waals surface area contributed by atoms with Crippen molar-refractivity contribution in [2.24, 2.45) is 11.8 Å². The molecule has 2 amide bonds. The van der Waals surface area contributed by atoms with Crippen LogP contribution in [0.2, 0.25) is 0 Å². The lowest BCUT2D eigenvalue weighted by molar-refractivity contribution is -0.122. The van der Waals surface area contributed by atoms with E-state index in [4.69, 9.17) is 4.74 Å². The third-order valence-corrected chi connectivity index (χ3v) is 8.41. The molecule has 6 heteroatoms. The number of rotatable bonds is 2. The zero-order valence-corrected chi connectivity index (χ0v) is 18.7. The van der Waals surface area contributed by atoms with E-state index in [0.29, 0.717) is 11.3 Å². The number of imide groups is 1. The molecule has 3 aromatic rings. The number of nitrogens with zero attached hydrogens (tertiary/aromatic N) is 1. The standard InChI is InChI=1S/C26H18BrNO4/c1-32-25(31)14-10-12-15(13-11-14)28-23(29)21-20-16-6-2-4-8-18(16)26(27,22(21)24(28)30)19-9-5-3-7-17(19)20/h2-13,20-22H,1H3/t20?,21-,22-,26?/m0/s1. The van der Waals surface area contributed by atoms with E-state index in [1.165, 1.54) is 12.0 Å². The Kier molecular flexibility index (Phi) is 4.02. The quantitative estimate of drug-likeness (QED) is 0.305. The highest BCUT2D eigenvalue weighted by molar-refractivity contribution is 9.09. The topological polar surface area (TPSA) is 63.7 Å². The maximum absolute atomic E-state index is 13.8. The zero-order valence-electron chi connectivity index (χ0n) is 17.1. The van der Waals surface area contributed by atoms with Gasteiger partial charge < -0.3 is 4.74 Å². The minimum atomic E-state index is -0.771. The molecule has 1 aliphatic heterocycles. The highest BCUT2D eigenvalue weighted by atomic mass is 79.9. The molecule has 0 radical (unpaired) electrons. The van der Waals surface area contributed by atoms with Crippen LogP contribution in [0.15, 0.2) is 72.8 Å². The van der Waals surface area contributed by atoms with Crippen LogP contribution in [0.25, 0.3) is 0 Å². The second-order valence-corrected chi connectivity index (χ2v) is 9.67. The lowest BCUT2D eigenvalue weighted by atomic mass is 9.55. The molecule has 2 bridgehead atoms. The molecule has 2 atom stereocenters. The fourth-order valence-corrected chi connectivity index (χ4v) is 7.00. The molecule has 0 saturated carbocycles. The van der Waals surface area contributed by atoms with Crippen LogP contribution in [0.5, 0.6) is 0 Å². The number of anilines is 1. The van der Waals surface area contributed by atoms with Crippen molar-refractivity contribution in [3.63, 3.8) is 0 Å². The average molecular weight is 488 g/mol. The molecule has 4 aliphatic rings. The van der Waals surface area contributed by atoms with Crippen LogP contribution >= 0.6 is 15.9 Å². The molecule has 1 fully saturated rings. The van der Waals surface area contributed by atoms with Crippen molar-refractivity contribution in [3.05, 3.63) is 101 Å². The van der Waals surface area contributed by atoms with E-state index in [1.807, 2.05) is 24.3 Å². The Morgan fingerprint density at radius 3 is 2.00 bits per heavy atom. The van der Waals surface area contributed by atoms with Gasteiger partial charge in [0.2, 0.25) is 11.8 Å². The van der Waals surface area contributed by atoms with E-state index in [0.717, 1.165) is 22.3 Å². The van der Waals surface area contributed by atoms with Gasteiger partial charge in [0, 0.05) is 5.92 Å². The first-order valence-corrected chi connectivity index (χ1v) is 11.2. The lowest BCUT2D eigenvalue weighted by Gasteiger charge is -2.51. The number of amides is 2. The predicted octanol–water partition coefficient (Wildman–Crippen LogP) is 4.38. The Balaban J connectivity index is 1.52. The van der Waals surface area contributed by atoms with Crippen molar-refractivity contribution >= 4 is 39.4 Å². The van der Waals surface area contributed by atoms with Crippen LogP contribution in [0.1, 0.15) is 38.5 Å². The van der Waals surface area contributed by atoms with Crippen LogP contribution in [0.4, 0.5) is 5.69 Å². The van der Waals surface area contributed by atoms with Crippen LogP contribution in [-0.2, 0) is 18.7 Å². The van der Waals surface area contributed by atoms with Crippen molar-refractivity contribution in [1.29, 1.82) is 0 Å².